The molecule has 2 aliphatic heterocycles. The van der Waals surface area contributed by atoms with Crippen LogP contribution in [0, 0.1) is 0 Å². The molecule has 2 saturated heterocycles. The first kappa shape index (κ1) is 21.8. The molecule has 0 radical (unpaired) electrons. The van der Waals surface area contributed by atoms with Gasteiger partial charge in [0, 0.05) is 71.0 Å². The maximum absolute atomic E-state index is 12.6. The Morgan fingerprint density at radius 3 is 2.56 bits per heavy atom. The van der Waals surface area contributed by atoms with Crippen molar-refractivity contribution in [1.29, 1.82) is 0 Å². The Balaban J connectivity index is 1.25. The van der Waals surface area contributed by atoms with Gasteiger partial charge in [-0.15, -0.1) is 0 Å². The molecule has 0 bridgehead atoms. The fourth-order valence-corrected chi connectivity index (χ4v) is 3.94. The summed E-state index contributed by atoms with van der Waals surface area (Å²) in [4.78, 5) is 34.7. The van der Waals surface area contributed by atoms with Crippen molar-refractivity contribution in [2.75, 3.05) is 52.9 Å². The van der Waals surface area contributed by atoms with Gasteiger partial charge in [0.05, 0.1) is 12.2 Å². The van der Waals surface area contributed by atoms with Crippen LogP contribution in [0.2, 0.25) is 0 Å². The van der Waals surface area contributed by atoms with Gasteiger partial charge >= 0.3 is 0 Å². The van der Waals surface area contributed by atoms with Gasteiger partial charge < -0.3 is 25.0 Å². The van der Waals surface area contributed by atoms with Crippen molar-refractivity contribution in [3.8, 4) is 0 Å². The van der Waals surface area contributed by atoms with Crippen LogP contribution in [0.4, 0.5) is 0 Å². The highest BCUT2D eigenvalue weighted by Crippen LogP contribution is 2.10. The van der Waals surface area contributed by atoms with Crippen molar-refractivity contribution in [2.24, 2.45) is 4.99 Å². The molecule has 10 nitrogen and oxygen atoms in total. The van der Waals surface area contributed by atoms with E-state index in [1.165, 1.54) is 0 Å². The smallest absolute Gasteiger partial charge is 0.254 e. The van der Waals surface area contributed by atoms with E-state index in [1.807, 2.05) is 30.3 Å². The van der Waals surface area contributed by atoms with Crippen LogP contribution in [-0.2, 0) is 17.9 Å². The van der Waals surface area contributed by atoms with Crippen molar-refractivity contribution in [3.63, 3.8) is 0 Å². The number of hydrogen-bond acceptors (Lipinski definition) is 6. The number of rotatable bonds is 5. The van der Waals surface area contributed by atoms with Crippen molar-refractivity contribution in [1.82, 2.24) is 30.5 Å². The molecule has 0 saturated carbocycles. The zero-order chi connectivity index (χ0) is 22.3. The van der Waals surface area contributed by atoms with E-state index >= 15 is 0 Å². The predicted octanol–water partition coefficient (Wildman–Crippen LogP) is 0.140. The van der Waals surface area contributed by atoms with Crippen LogP contribution in [0.25, 0.3) is 0 Å². The van der Waals surface area contributed by atoms with Crippen molar-refractivity contribution >= 4 is 17.8 Å². The summed E-state index contributed by atoms with van der Waals surface area (Å²) in [6, 6.07) is 9.41. The first-order valence-electron chi connectivity index (χ1n) is 10.8. The third-order valence-electron chi connectivity index (χ3n) is 5.74. The molecule has 2 aromatic rings. The molecular weight excluding hydrogens is 410 g/mol. The summed E-state index contributed by atoms with van der Waals surface area (Å²) in [6.45, 7) is 6.19. The lowest BCUT2D eigenvalue weighted by Crippen LogP contribution is -2.52. The standard InChI is InChI=1S/C22H29N7O3/c1-23-22(28-11-9-27(10-12-28)15-19-6-13-32-26-19)25-14-17-2-4-18(5-3-17)21(31)29-8-7-24-20(30)16-29/h2-6,13H,7-12,14-16H2,1H3,(H,23,25)(H,24,30). The van der Waals surface area contributed by atoms with E-state index in [2.05, 4.69) is 30.6 Å². The number of piperazine rings is 2. The summed E-state index contributed by atoms with van der Waals surface area (Å²) in [6.07, 6.45) is 1.60. The molecule has 2 amide bonds. The van der Waals surface area contributed by atoms with Crippen LogP contribution in [0.1, 0.15) is 21.6 Å². The summed E-state index contributed by atoms with van der Waals surface area (Å²) in [5.41, 5.74) is 2.60. The van der Waals surface area contributed by atoms with Gasteiger partial charge in [-0.25, -0.2) is 0 Å². The molecule has 0 atom stereocenters. The second kappa shape index (κ2) is 10.3. The summed E-state index contributed by atoms with van der Waals surface area (Å²) < 4.78 is 4.91. The zero-order valence-corrected chi connectivity index (χ0v) is 18.3. The Bertz CT molecular complexity index is 935. The molecule has 1 aromatic heterocycles. The van der Waals surface area contributed by atoms with Crippen LogP contribution >= 0.6 is 0 Å². The molecule has 2 aliphatic rings. The third kappa shape index (κ3) is 5.44. The monoisotopic (exact) mass is 439 g/mol. The van der Waals surface area contributed by atoms with Crippen LogP contribution in [0.3, 0.4) is 0 Å². The van der Waals surface area contributed by atoms with Crippen molar-refractivity contribution < 1.29 is 14.1 Å². The molecule has 32 heavy (non-hydrogen) atoms. The second-order valence-electron chi connectivity index (χ2n) is 7.93. The number of aromatic nitrogens is 1. The summed E-state index contributed by atoms with van der Waals surface area (Å²) in [5.74, 6) is 0.639. The first-order chi connectivity index (χ1) is 15.6. The molecule has 0 unspecified atom stereocenters. The van der Waals surface area contributed by atoms with E-state index in [0.717, 1.165) is 49.9 Å². The van der Waals surface area contributed by atoms with Crippen LogP contribution in [0.15, 0.2) is 46.1 Å². The first-order valence-corrected chi connectivity index (χ1v) is 10.8. The number of benzene rings is 1. The van der Waals surface area contributed by atoms with E-state index in [-0.39, 0.29) is 18.4 Å². The van der Waals surface area contributed by atoms with E-state index in [0.29, 0.717) is 25.2 Å². The zero-order valence-electron chi connectivity index (χ0n) is 18.3. The summed E-state index contributed by atoms with van der Waals surface area (Å²) in [5, 5.41) is 10.1. The maximum Gasteiger partial charge on any atom is 0.254 e. The number of aliphatic imine (C=N–C) groups is 1. The Morgan fingerprint density at radius 1 is 1.12 bits per heavy atom. The fraction of sp³-hybridized carbons (Fsp3) is 0.455. The van der Waals surface area contributed by atoms with E-state index in [4.69, 9.17) is 4.52 Å². The summed E-state index contributed by atoms with van der Waals surface area (Å²) >= 11 is 0. The summed E-state index contributed by atoms with van der Waals surface area (Å²) in [7, 11) is 1.79. The molecule has 2 fully saturated rings. The highest BCUT2D eigenvalue weighted by Gasteiger charge is 2.22. The number of hydrogen-bond donors (Lipinski definition) is 2. The normalized spacial score (nSPS) is 17.9. The quantitative estimate of drug-likeness (QED) is 0.504. The fourth-order valence-electron chi connectivity index (χ4n) is 3.94. The predicted molar refractivity (Wildman–Crippen MR) is 119 cm³/mol. The minimum atomic E-state index is -0.115. The van der Waals surface area contributed by atoms with Gasteiger partial charge in [0.2, 0.25) is 5.91 Å². The highest BCUT2D eigenvalue weighted by molar-refractivity contribution is 5.97. The molecule has 2 N–H and O–H groups in total. The molecule has 1 aromatic carbocycles. The van der Waals surface area contributed by atoms with Gasteiger partial charge in [0.1, 0.15) is 6.26 Å². The lowest BCUT2D eigenvalue weighted by molar-refractivity contribution is -0.123. The average Bonchev–Trinajstić information content (AvgIpc) is 3.33. The van der Waals surface area contributed by atoms with Gasteiger partial charge in [0.15, 0.2) is 5.96 Å². The SMILES string of the molecule is CN=C(NCc1ccc(C(=O)N2CCNC(=O)C2)cc1)N1CCN(Cc2ccon2)CC1. The van der Waals surface area contributed by atoms with Gasteiger partial charge in [-0.3, -0.25) is 19.5 Å². The number of nitrogens with zero attached hydrogens (tertiary/aromatic N) is 5. The van der Waals surface area contributed by atoms with Gasteiger partial charge in [0.25, 0.3) is 5.91 Å². The number of guanidine groups is 1. The highest BCUT2D eigenvalue weighted by atomic mass is 16.5. The number of nitrogens with one attached hydrogen (secondary N) is 2. The van der Waals surface area contributed by atoms with Crippen molar-refractivity contribution in [3.05, 3.63) is 53.4 Å². The van der Waals surface area contributed by atoms with Crippen LogP contribution in [0.5, 0.6) is 0 Å². The van der Waals surface area contributed by atoms with Gasteiger partial charge in [-0.05, 0) is 17.7 Å². The van der Waals surface area contributed by atoms with E-state index in [9.17, 15) is 9.59 Å². The van der Waals surface area contributed by atoms with Crippen LogP contribution in [-0.4, -0.2) is 90.5 Å². The molecule has 4 rings (SSSR count). The average molecular weight is 440 g/mol. The minimum Gasteiger partial charge on any atom is -0.364 e. The molecule has 0 aliphatic carbocycles. The van der Waals surface area contributed by atoms with Gasteiger partial charge in [-0.1, -0.05) is 17.3 Å². The molecular formula is C22H29N7O3. The van der Waals surface area contributed by atoms with E-state index in [1.54, 1.807) is 18.2 Å². The molecule has 170 valence electrons. The number of carbonyl (C=O) groups excluding carboxylic acids is 2. The third-order valence-corrected chi connectivity index (χ3v) is 5.74. The van der Waals surface area contributed by atoms with Crippen molar-refractivity contribution in [2.45, 2.75) is 13.1 Å². The lowest BCUT2D eigenvalue weighted by Gasteiger charge is -2.36. The number of amides is 2. The Hall–Kier alpha value is -3.40. The maximum atomic E-state index is 12.6. The topological polar surface area (TPSA) is 106 Å². The molecule has 3 heterocycles. The number of carbonyl (C=O) groups is 2. The Labute approximate surface area is 187 Å². The largest absolute Gasteiger partial charge is 0.364 e. The minimum absolute atomic E-state index is 0.112. The Morgan fingerprint density at radius 2 is 1.91 bits per heavy atom. The van der Waals surface area contributed by atoms with Crippen LogP contribution < -0.4 is 10.6 Å². The molecule has 0 spiro atoms. The second-order valence-corrected chi connectivity index (χ2v) is 7.93. The Kier molecular flexibility index (Phi) is 7.00. The van der Waals surface area contributed by atoms with E-state index < -0.39 is 0 Å². The lowest BCUT2D eigenvalue weighted by atomic mass is 10.1. The molecule has 10 heteroatoms. The van der Waals surface area contributed by atoms with Gasteiger partial charge in [-0.2, -0.15) is 0 Å².